The summed E-state index contributed by atoms with van der Waals surface area (Å²) in [5, 5.41) is 10.3. The molecule has 1 aromatic carbocycles. The molecule has 5 nitrogen and oxygen atoms in total. The van der Waals surface area contributed by atoms with Crippen LogP contribution in [0.2, 0.25) is 0 Å². The van der Waals surface area contributed by atoms with Gasteiger partial charge in [0.1, 0.15) is 6.61 Å². The SMILES string of the molecule is C=CCOc1ccc(CC[N+](=O)[O-])cc1OC. The summed E-state index contributed by atoms with van der Waals surface area (Å²) in [5.41, 5.74) is 0.851. The van der Waals surface area contributed by atoms with E-state index in [0.717, 1.165) is 5.56 Å². The number of hydrogen-bond acceptors (Lipinski definition) is 4. The second kappa shape index (κ2) is 6.52. The third-order valence-corrected chi connectivity index (χ3v) is 2.17. The van der Waals surface area contributed by atoms with Crippen LogP contribution < -0.4 is 9.47 Å². The van der Waals surface area contributed by atoms with Gasteiger partial charge in [0, 0.05) is 11.3 Å². The van der Waals surface area contributed by atoms with Crippen LogP contribution in [0.25, 0.3) is 0 Å². The van der Waals surface area contributed by atoms with Crippen LogP contribution in [0.15, 0.2) is 30.9 Å². The first-order valence-corrected chi connectivity index (χ1v) is 5.19. The molecule has 0 saturated heterocycles. The Balaban J connectivity index is 2.76. The van der Waals surface area contributed by atoms with Gasteiger partial charge in [0.05, 0.1) is 7.11 Å². The average molecular weight is 237 g/mol. The van der Waals surface area contributed by atoms with Gasteiger partial charge in [0.15, 0.2) is 11.5 Å². The quantitative estimate of drug-likeness (QED) is 0.414. The van der Waals surface area contributed by atoms with E-state index in [0.29, 0.717) is 24.5 Å². The van der Waals surface area contributed by atoms with Crippen molar-refractivity contribution in [1.82, 2.24) is 0 Å². The maximum Gasteiger partial charge on any atom is 0.207 e. The van der Waals surface area contributed by atoms with Crippen molar-refractivity contribution in [2.75, 3.05) is 20.3 Å². The van der Waals surface area contributed by atoms with Gasteiger partial charge in [-0.15, -0.1) is 0 Å². The molecule has 0 aliphatic carbocycles. The summed E-state index contributed by atoms with van der Waals surface area (Å²) < 4.78 is 10.5. The third kappa shape index (κ3) is 4.14. The molecule has 0 aliphatic heterocycles. The summed E-state index contributed by atoms with van der Waals surface area (Å²) in [4.78, 5) is 9.94. The van der Waals surface area contributed by atoms with Crippen molar-refractivity contribution in [3.63, 3.8) is 0 Å². The molecule has 1 rings (SSSR count). The Kier molecular flexibility index (Phi) is 5.00. The minimum atomic E-state index is -0.339. The maximum atomic E-state index is 10.3. The first-order valence-electron chi connectivity index (χ1n) is 5.19. The van der Waals surface area contributed by atoms with Gasteiger partial charge < -0.3 is 9.47 Å². The topological polar surface area (TPSA) is 61.6 Å². The summed E-state index contributed by atoms with van der Waals surface area (Å²) in [5.74, 6) is 1.19. The van der Waals surface area contributed by atoms with Crippen LogP contribution in [-0.4, -0.2) is 25.2 Å². The predicted molar refractivity (Wildman–Crippen MR) is 64.3 cm³/mol. The van der Waals surface area contributed by atoms with Crippen LogP contribution in [0, 0.1) is 10.1 Å². The minimum Gasteiger partial charge on any atom is -0.493 e. The molecule has 5 heteroatoms. The molecular formula is C12H15NO4. The molecule has 0 unspecified atom stereocenters. The molecule has 0 atom stereocenters. The molecule has 0 saturated carbocycles. The van der Waals surface area contributed by atoms with E-state index in [1.165, 1.54) is 7.11 Å². The zero-order chi connectivity index (χ0) is 12.7. The average Bonchev–Trinajstić information content (AvgIpc) is 2.34. The largest absolute Gasteiger partial charge is 0.493 e. The fourth-order valence-electron chi connectivity index (χ4n) is 1.36. The number of rotatable bonds is 7. The first kappa shape index (κ1) is 13.0. The molecule has 0 heterocycles. The first-order chi connectivity index (χ1) is 8.17. The normalized spacial score (nSPS) is 9.71. The maximum absolute atomic E-state index is 10.3. The lowest BCUT2D eigenvalue weighted by Gasteiger charge is -2.10. The highest BCUT2D eigenvalue weighted by molar-refractivity contribution is 5.43. The molecule has 0 bridgehead atoms. The van der Waals surface area contributed by atoms with Crippen molar-refractivity contribution in [2.45, 2.75) is 6.42 Å². The van der Waals surface area contributed by atoms with Crippen LogP contribution in [0.4, 0.5) is 0 Å². The molecule has 17 heavy (non-hydrogen) atoms. The van der Waals surface area contributed by atoms with Crippen molar-refractivity contribution in [3.05, 3.63) is 46.5 Å². The monoisotopic (exact) mass is 237 g/mol. The van der Waals surface area contributed by atoms with E-state index < -0.39 is 0 Å². The van der Waals surface area contributed by atoms with Gasteiger partial charge in [-0.05, 0) is 17.7 Å². The summed E-state index contributed by atoms with van der Waals surface area (Å²) in [6.07, 6.45) is 2.02. The molecule has 0 N–H and O–H groups in total. The molecule has 1 aromatic rings. The molecule has 0 amide bonds. The summed E-state index contributed by atoms with van der Waals surface area (Å²) in [7, 11) is 1.54. The highest BCUT2D eigenvalue weighted by atomic mass is 16.6. The van der Waals surface area contributed by atoms with Crippen molar-refractivity contribution < 1.29 is 14.4 Å². The summed E-state index contributed by atoms with van der Waals surface area (Å²) in [6, 6.07) is 5.30. The van der Waals surface area contributed by atoms with Crippen LogP contribution in [-0.2, 0) is 6.42 Å². The summed E-state index contributed by atoms with van der Waals surface area (Å²) >= 11 is 0. The smallest absolute Gasteiger partial charge is 0.207 e. The van der Waals surface area contributed by atoms with Gasteiger partial charge in [0.2, 0.25) is 6.54 Å². The number of hydrogen-bond donors (Lipinski definition) is 0. The molecular weight excluding hydrogens is 222 g/mol. The fraction of sp³-hybridized carbons (Fsp3) is 0.333. The van der Waals surface area contributed by atoms with Crippen LogP contribution in [0.1, 0.15) is 5.56 Å². The van der Waals surface area contributed by atoms with E-state index in [-0.39, 0.29) is 11.5 Å². The second-order valence-electron chi connectivity index (χ2n) is 3.39. The highest BCUT2D eigenvalue weighted by Gasteiger charge is 2.07. The molecule has 92 valence electrons. The Bertz CT molecular complexity index is 403. The zero-order valence-corrected chi connectivity index (χ0v) is 9.72. The van der Waals surface area contributed by atoms with E-state index in [1.807, 2.05) is 0 Å². The molecule has 0 aliphatic rings. The van der Waals surface area contributed by atoms with Gasteiger partial charge in [0.25, 0.3) is 0 Å². The highest BCUT2D eigenvalue weighted by Crippen LogP contribution is 2.28. The molecule has 0 spiro atoms. The Labute approximate surface area is 99.8 Å². The Hall–Kier alpha value is -2.04. The van der Waals surface area contributed by atoms with E-state index >= 15 is 0 Å². The van der Waals surface area contributed by atoms with Crippen molar-refractivity contribution in [1.29, 1.82) is 0 Å². The lowest BCUT2D eigenvalue weighted by molar-refractivity contribution is -0.479. The number of nitro groups is 1. The predicted octanol–water partition coefficient (Wildman–Crippen LogP) is 2.08. The fourth-order valence-corrected chi connectivity index (χ4v) is 1.36. The van der Waals surface area contributed by atoms with E-state index in [2.05, 4.69) is 6.58 Å². The van der Waals surface area contributed by atoms with Gasteiger partial charge in [-0.3, -0.25) is 10.1 Å². The zero-order valence-electron chi connectivity index (χ0n) is 9.72. The molecule has 0 aromatic heterocycles. The van der Waals surface area contributed by atoms with Gasteiger partial charge in [-0.25, -0.2) is 0 Å². The lowest BCUT2D eigenvalue weighted by Crippen LogP contribution is -2.04. The van der Waals surface area contributed by atoms with E-state index in [4.69, 9.17) is 9.47 Å². The van der Waals surface area contributed by atoms with Crippen LogP contribution in [0.5, 0.6) is 11.5 Å². The van der Waals surface area contributed by atoms with Gasteiger partial charge >= 0.3 is 0 Å². The molecule has 0 fully saturated rings. The van der Waals surface area contributed by atoms with Gasteiger partial charge in [-0.2, -0.15) is 0 Å². The van der Waals surface area contributed by atoms with Gasteiger partial charge in [-0.1, -0.05) is 18.7 Å². The third-order valence-electron chi connectivity index (χ3n) is 2.17. The molecule has 0 radical (unpaired) electrons. The van der Waals surface area contributed by atoms with Crippen LogP contribution >= 0.6 is 0 Å². The van der Waals surface area contributed by atoms with Crippen molar-refractivity contribution >= 4 is 0 Å². The summed E-state index contributed by atoms with van der Waals surface area (Å²) in [6.45, 7) is 3.86. The number of nitrogens with zero attached hydrogens (tertiary/aromatic N) is 1. The number of ether oxygens (including phenoxy) is 2. The standard InChI is InChI=1S/C12H15NO4/c1-3-8-17-11-5-4-10(6-7-13(14)15)9-12(11)16-2/h3-5,9H,1,6-8H2,2H3. The second-order valence-corrected chi connectivity index (χ2v) is 3.39. The minimum absolute atomic E-state index is 0.0873. The van der Waals surface area contributed by atoms with E-state index in [1.54, 1.807) is 24.3 Å². The Morgan fingerprint density at radius 2 is 2.24 bits per heavy atom. The number of benzene rings is 1. The van der Waals surface area contributed by atoms with Crippen LogP contribution in [0.3, 0.4) is 0 Å². The van der Waals surface area contributed by atoms with E-state index in [9.17, 15) is 10.1 Å². The Morgan fingerprint density at radius 3 is 2.82 bits per heavy atom. The lowest BCUT2D eigenvalue weighted by atomic mass is 10.1. The van der Waals surface area contributed by atoms with Crippen molar-refractivity contribution in [2.24, 2.45) is 0 Å². The Morgan fingerprint density at radius 1 is 1.47 bits per heavy atom. The number of methoxy groups -OCH3 is 1. The van der Waals surface area contributed by atoms with Crippen molar-refractivity contribution in [3.8, 4) is 11.5 Å².